The van der Waals surface area contributed by atoms with Crippen molar-refractivity contribution < 1.29 is 0 Å². The Morgan fingerprint density at radius 2 is 0.826 bits per heavy atom. The molecule has 0 aliphatic heterocycles. The fourth-order valence-corrected chi connectivity index (χ4v) is 5.35. The molecule has 3 aromatic carbocycles. The average Bonchev–Trinajstić information content (AvgIpc) is 2.48. The van der Waals surface area contributed by atoms with Gasteiger partial charge in [0.05, 0.1) is 0 Å². The Labute approximate surface area is 151 Å². The number of benzene rings is 3. The van der Waals surface area contributed by atoms with Gasteiger partial charge in [-0.3, -0.25) is 0 Å². The highest BCUT2D eigenvalue weighted by molar-refractivity contribution is 8.93. The standard InChI is InChI=1S/C21H21P.BrH/c1-16-7-4-10-19(13-16)22(20-11-5-8-17(2)14-20)21-12-6-9-18(3)15-21;/h4-15H,1-3H3;1H. The zero-order valence-corrected chi connectivity index (χ0v) is 16.4. The Morgan fingerprint density at radius 1 is 0.522 bits per heavy atom. The quantitative estimate of drug-likeness (QED) is 0.560. The maximum absolute atomic E-state index is 2.33. The first-order valence-electron chi connectivity index (χ1n) is 7.63. The van der Waals surface area contributed by atoms with Crippen molar-refractivity contribution in [2.75, 3.05) is 0 Å². The van der Waals surface area contributed by atoms with Crippen LogP contribution in [0.25, 0.3) is 0 Å². The molecule has 0 unspecified atom stereocenters. The van der Waals surface area contributed by atoms with Gasteiger partial charge in [-0.25, -0.2) is 0 Å². The zero-order chi connectivity index (χ0) is 15.5. The van der Waals surface area contributed by atoms with Crippen molar-refractivity contribution in [1.29, 1.82) is 0 Å². The van der Waals surface area contributed by atoms with Gasteiger partial charge in [0.15, 0.2) is 0 Å². The lowest BCUT2D eigenvalue weighted by Gasteiger charge is -2.20. The molecule has 0 N–H and O–H groups in total. The van der Waals surface area contributed by atoms with Crippen LogP contribution in [-0.4, -0.2) is 0 Å². The third-order valence-electron chi connectivity index (χ3n) is 3.78. The Balaban J connectivity index is 0.00000192. The minimum absolute atomic E-state index is 0. The van der Waals surface area contributed by atoms with Gasteiger partial charge in [0.1, 0.15) is 0 Å². The van der Waals surface area contributed by atoms with E-state index in [1.54, 1.807) is 0 Å². The molecule has 0 atom stereocenters. The summed E-state index contributed by atoms with van der Waals surface area (Å²) in [6, 6.07) is 26.8. The molecule has 0 amide bonds. The third kappa shape index (κ3) is 4.31. The molecular weight excluding hydrogens is 363 g/mol. The summed E-state index contributed by atoms with van der Waals surface area (Å²) >= 11 is 0. The molecule has 0 aliphatic rings. The van der Waals surface area contributed by atoms with Gasteiger partial charge in [-0.1, -0.05) is 89.5 Å². The van der Waals surface area contributed by atoms with Gasteiger partial charge in [-0.05, 0) is 44.6 Å². The SMILES string of the molecule is Br.Cc1cccc(P(c2cccc(C)c2)c2cccc(C)c2)c1. The van der Waals surface area contributed by atoms with Gasteiger partial charge < -0.3 is 0 Å². The van der Waals surface area contributed by atoms with Crippen LogP contribution < -0.4 is 15.9 Å². The minimum Gasteiger partial charge on any atom is -0.114 e. The minimum atomic E-state index is -0.495. The summed E-state index contributed by atoms with van der Waals surface area (Å²) in [7, 11) is -0.495. The molecule has 0 saturated carbocycles. The highest BCUT2D eigenvalue weighted by Gasteiger charge is 2.16. The van der Waals surface area contributed by atoms with Crippen molar-refractivity contribution in [2.24, 2.45) is 0 Å². The molecular formula is C21H22BrP. The number of hydrogen-bond acceptors (Lipinski definition) is 0. The number of halogens is 1. The molecule has 3 rings (SSSR count). The van der Waals surface area contributed by atoms with E-state index in [-0.39, 0.29) is 17.0 Å². The van der Waals surface area contributed by atoms with Gasteiger partial charge >= 0.3 is 0 Å². The summed E-state index contributed by atoms with van der Waals surface area (Å²) in [6.07, 6.45) is 0. The second-order valence-corrected chi connectivity index (χ2v) is 8.07. The molecule has 0 radical (unpaired) electrons. The van der Waals surface area contributed by atoms with E-state index in [0.717, 1.165) is 0 Å². The predicted molar refractivity (Wildman–Crippen MR) is 110 cm³/mol. The van der Waals surface area contributed by atoms with Crippen LogP contribution >= 0.6 is 24.9 Å². The van der Waals surface area contributed by atoms with Crippen molar-refractivity contribution in [1.82, 2.24) is 0 Å². The van der Waals surface area contributed by atoms with E-state index in [9.17, 15) is 0 Å². The molecule has 0 nitrogen and oxygen atoms in total. The summed E-state index contributed by atoms with van der Waals surface area (Å²) in [5.41, 5.74) is 3.97. The average molecular weight is 385 g/mol. The molecule has 118 valence electrons. The summed E-state index contributed by atoms with van der Waals surface area (Å²) < 4.78 is 0. The molecule has 0 aromatic heterocycles. The maximum Gasteiger partial charge on any atom is -0.0134 e. The van der Waals surface area contributed by atoms with Crippen LogP contribution in [0.2, 0.25) is 0 Å². The van der Waals surface area contributed by atoms with Crippen LogP contribution in [0.5, 0.6) is 0 Å². The topological polar surface area (TPSA) is 0 Å². The van der Waals surface area contributed by atoms with Crippen molar-refractivity contribution in [3.05, 3.63) is 89.5 Å². The molecule has 0 aliphatic carbocycles. The lowest BCUT2D eigenvalue weighted by atomic mass is 10.2. The van der Waals surface area contributed by atoms with Crippen LogP contribution in [0, 0.1) is 20.8 Å². The van der Waals surface area contributed by atoms with Crippen molar-refractivity contribution in [3.63, 3.8) is 0 Å². The summed E-state index contributed by atoms with van der Waals surface area (Å²) in [6.45, 7) is 6.51. The van der Waals surface area contributed by atoms with Crippen molar-refractivity contribution >= 4 is 40.8 Å². The highest BCUT2D eigenvalue weighted by atomic mass is 79.9. The molecule has 3 aromatic rings. The van der Waals surface area contributed by atoms with Crippen molar-refractivity contribution in [3.8, 4) is 0 Å². The maximum atomic E-state index is 2.33. The fraction of sp³-hybridized carbons (Fsp3) is 0.143. The molecule has 0 saturated heterocycles. The largest absolute Gasteiger partial charge is 0.114 e. The van der Waals surface area contributed by atoms with E-state index in [4.69, 9.17) is 0 Å². The number of rotatable bonds is 3. The van der Waals surface area contributed by atoms with Gasteiger partial charge in [-0.15, -0.1) is 17.0 Å². The lowest BCUT2D eigenvalue weighted by molar-refractivity contribution is 1.48. The number of aryl methyl sites for hydroxylation is 3. The summed E-state index contributed by atoms with van der Waals surface area (Å²) in [5, 5.41) is 4.27. The first-order valence-corrected chi connectivity index (χ1v) is 8.98. The molecule has 2 heteroatoms. The predicted octanol–water partition coefficient (Wildman–Crippen LogP) is 4.95. The molecule has 0 bridgehead atoms. The fourth-order valence-electron chi connectivity index (χ4n) is 2.75. The zero-order valence-electron chi connectivity index (χ0n) is 13.8. The van der Waals surface area contributed by atoms with Crippen LogP contribution in [0.3, 0.4) is 0 Å². The first kappa shape index (κ1) is 17.9. The Bertz CT molecular complexity index is 687. The Hall–Kier alpha value is -1.43. The van der Waals surface area contributed by atoms with E-state index in [0.29, 0.717) is 0 Å². The van der Waals surface area contributed by atoms with E-state index in [1.165, 1.54) is 32.6 Å². The number of hydrogen-bond donors (Lipinski definition) is 0. The molecule has 23 heavy (non-hydrogen) atoms. The Kier molecular flexibility index (Phi) is 6.16. The monoisotopic (exact) mass is 384 g/mol. The molecule has 0 heterocycles. The summed E-state index contributed by atoms with van der Waals surface area (Å²) in [5.74, 6) is 0. The van der Waals surface area contributed by atoms with E-state index >= 15 is 0 Å². The van der Waals surface area contributed by atoms with E-state index < -0.39 is 7.92 Å². The summed E-state index contributed by atoms with van der Waals surface area (Å²) in [4.78, 5) is 0. The molecule has 0 spiro atoms. The second-order valence-electron chi connectivity index (χ2n) is 5.85. The van der Waals surface area contributed by atoms with Crippen molar-refractivity contribution in [2.45, 2.75) is 20.8 Å². The normalized spacial score (nSPS) is 10.4. The van der Waals surface area contributed by atoms with Crippen LogP contribution in [-0.2, 0) is 0 Å². The second kappa shape index (κ2) is 7.90. The van der Waals surface area contributed by atoms with Crippen LogP contribution in [0.1, 0.15) is 16.7 Å². The van der Waals surface area contributed by atoms with E-state index in [2.05, 4.69) is 93.6 Å². The van der Waals surface area contributed by atoms with Crippen LogP contribution in [0.15, 0.2) is 72.8 Å². The molecule has 0 fully saturated rings. The first-order chi connectivity index (χ1) is 10.6. The van der Waals surface area contributed by atoms with Gasteiger partial charge in [0.2, 0.25) is 0 Å². The van der Waals surface area contributed by atoms with Gasteiger partial charge in [0, 0.05) is 0 Å². The van der Waals surface area contributed by atoms with E-state index in [1.807, 2.05) is 0 Å². The third-order valence-corrected chi connectivity index (χ3v) is 6.16. The van der Waals surface area contributed by atoms with Gasteiger partial charge in [0.25, 0.3) is 0 Å². The lowest BCUT2D eigenvalue weighted by Crippen LogP contribution is -2.21. The smallest absolute Gasteiger partial charge is 0.0134 e. The van der Waals surface area contributed by atoms with Gasteiger partial charge in [-0.2, -0.15) is 0 Å². The Morgan fingerprint density at radius 3 is 1.09 bits per heavy atom. The van der Waals surface area contributed by atoms with Crippen LogP contribution in [0.4, 0.5) is 0 Å². The highest BCUT2D eigenvalue weighted by Crippen LogP contribution is 2.33.